The van der Waals surface area contributed by atoms with Gasteiger partial charge in [0.15, 0.2) is 0 Å². The summed E-state index contributed by atoms with van der Waals surface area (Å²) in [6.07, 6.45) is -3.62. The van der Waals surface area contributed by atoms with Gasteiger partial charge in [-0.25, -0.2) is 4.98 Å². The number of carbonyl (C=O) groups is 1. The van der Waals surface area contributed by atoms with E-state index in [2.05, 4.69) is 10.3 Å². The van der Waals surface area contributed by atoms with Crippen LogP contribution in [0.3, 0.4) is 0 Å². The third kappa shape index (κ3) is 3.47. The van der Waals surface area contributed by atoms with E-state index in [1.165, 1.54) is 6.92 Å². The van der Waals surface area contributed by atoms with Gasteiger partial charge in [0, 0.05) is 19.1 Å². The molecular weight excluding hydrogens is 273 g/mol. The topological polar surface area (TPSA) is 51.2 Å². The van der Waals surface area contributed by atoms with Crippen molar-refractivity contribution in [1.29, 1.82) is 0 Å². The molecule has 0 spiro atoms. The van der Waals surface area contributed by atoms with Crippen LogP contribution >= 0.6 is 0 Å². The third-order valence-corrected chi connectivity index (χ3v) is 3.20. The predicted octanol–water partition coefficient (Wildman–Crippen LogP) is 2.18. The lowest BCUT2D eigenvalue weighted by Crippen LogP contribution is -2.30. The minimum absolute atomic E-state index is 0.0694. The normalized spacial score (nSPS) is 19.1. The molecule has 0 radical (unpaired) electrons. The minimum atomic E-state index is -4.50. The van der Waals surface area contributed by atoms with Crippen molar-refractivity contribution < 1.29 is 22.7 Å². The van der Waals surface area contributed by atoms with Crippen LogP contribution < -0.4 is 5.32 Å². The first-order valence-electron chi connectivity index (χ1n) is 6.28. The first kappa shape index (κ1) is 14.8. The highest BCUT2D eigenvalue weighted by molar-refractivity contribution is 5.95. The van der Waals surface area contributed by atoms with Crippen LogP contribution in [0.1, 0.15) is 28.2 Å². The van der Waals surface area contributed by atoms with E-state index in [1.54, 1.807) is 0 Å². The van der Waals surface area contributed by atoms with Gasteiger partial charge >= 0.3 is 6.18 Å². The maximum atomic E-state index is 12.5. The number of hydrogen-bond acceptors (Lipinski definition) is 3. The Morgan fingerprint density at radius 2 is 2.25 bits per heavy atom. The zero-order valence-corrected chi connectivity index (χ0v) is 11.0. The average molecular weight is 288 g/mol. The number of aryl methyl sites for hydroxylation is 1. The van der Waals surface area contributed by atoms with Crippen molar-refractivity contribution in [3.63, 3.8) is 0 Å². The van der Waals surface area contributed by atoms with Gasteiger partial charge in [-0.15, -0.1) is 0 Å². The van der Waals surface area contributed by atoms with Gasteiger partial charge in [-0.2, -0.15) is 13.2 Å². The molecule has 1 atom stereocenters. The van der Waals surface area contributed by atoms with Gasteiger partial charge in [-0.1, -0.05) is 0 Å². The summed E-state index contributed by atoms with van der Waals surface area (Å²) in [5.41, 5.74) is -0.757. The minimum Gasteiger partial charge on any atom is -0.381 e. The quantitative estimate of drug-likeness (QED) is 0.927. The lowest BCUT2D eigenvalue weighted by molar-refractivity contribution is -0.141. The van der Waals surface area contributed by atoms with E-state index in [1.807, 2.05) is 0 Å². The largest absolute Gasteiger partial charge is 0.433 e. The van der Waals surface area contributed by atoms with Crippen LogP contribution in [0.4, 0.5) is 13.2 Å². The Labute approximate surface area is 114 Å². The smallest absolute Gasteiger partial charge is 0.381 e. The van der Waals surface area contributed by atoms with Crippen molar-refractivity contribution in [3.8, 4) is 0 Å². The highest BCUT2D eigenvalue weighted by atomic mass is 19.4. The lowest BCUT2D eigenvalue weighted by atomic mass is 10.1. The number of alkyl halides is 3. The zero-order valence-electron chi connectivity index (χ0n) is 11.0. The van der Waals surface area contributed by atoms with Gasteiger partial charge in [-0.05, 0) is 25.5 Å². The maximum absolute atomic E-state index is 12.5. The number of aromatic nitrogens is 1. The number of carbonyl (C=O) groups excluding carboxylic acids is 1. The number of hydrogen-bond donors (Lipinski definition) is 1. The van der Waals surface area contributed by atoms with Crippen LogP contribution in [0.5, 0.6) is 0 Å². The highest BCUT2D eigenvalue weighted by Gasteiger charge is 2.33. The molecule has 0 aliphatic carbocycles. The van der Waals surface area contributed by atoms with Crippen LogP contribution in [0.25, 0.3) is 0 Å². The van der Waals surface area contributed by atoms with Gasteiger partial charge in [0.05, 0.1) is 17.9 Å². The van der Waals surface area contributed by atoms with E-state index in [-0.39, 0.29) is 17.2 Å². The molecule has 0 aromatic carbocycles. The van der Waals surface area contributed by atoms with Crippen molar-refractivity contribution in [1.82, 2.24) is 10.3 Å². The summed E-state index contributed by atoms with van der Waals surface area (Å²) in [4.78, 5) is 15.3. The van der Waals surface area contributed by atoms with E-state index in [4.69, 9.17) is 4.74 Å². The van der Waals surface area contributed by atoms with Crippen molar-refractivity contribution in [2.45, 2.75) is 19.5 Å². The highest BCUT2D eigenvalue weighted by Crippen LogP contribution is 2.28. The molecule has 2 heterocycles. The summed E-state index contributed by atoms with van der Waals surface area (Å²) >= 11 is 0. The van der Waals surface area contributed by atoms with Gasteiger partial charge < -0.3 is 10.1 Å². The number of nitrogens with zero attached hydrogens (tertiary/aromatic N) is 1. The molecule has 4 nitrogen and oxygen atoms in total. The fourth-order valence-corrected chi connectivity index (χ4v) is 2.04. The number of pyridine rings is 1. The fourth-order valence-electron chi connectivity index (χ4n) is 2.04. The number of amides is 1. The second kappa shape index (κ2) is 5.78. The molecule has 1 aromatic heterocycles. The molecule has 1 N–H and O–H groups in total. The molecule has 1 saturated heterocycles. The van der Waals surface area contributed by atoms with Crippen LogP contribution in [-0.4, -0.2) is 30.6 Å². The van der Waals surface area contributed by atoms with Crippen LogP contribution in [-0.2, 0) is 10.9 Å². The first-order valence-corrected chi connectivity index (χ1v) is 6.28. The second-order valence-corrected chi connectivity index (χ2v) is 4.77. The third-order valence-electron chi connectivity index (χ3n) is 3.20. The van der Waals surface area contributed by atoms with Crippen LogP contribution in [0.15, 0.2) is 12.1 Å². The number of nitrogens with one attached hydrogen (secondary N) is 1. The fraction of sp³-hybridized carbons (Fsp3) is 0.538. The van der Waals surface area contributed by atoms with Gasteiger partial charge in [0.1, 0.15) is 5.69 Å². The molecule has 7 heteroatoms. The average Bonchev–Trinajstić information content (AvgIpc) is 2.87. The number of ether oxygens (including phenoxy) is 1. The van der Waals surface area contributed by atoms with E-state index in [0.29, 0.717) is 19.8 Å². The molecule has 20 heavy (non-hydrogen) atoms. The van der Waals surface area contributed by atoms with Gasteiger partial charge in [0.25, 0.3) is 5.91 Å². The molecule has 0 saturated carbocycles. The Hall–Kier alpha value is -1.63. The van der Waals surface area contributed by atoms with Crippen molar-refractivity contribution in [2.75, 3.05) is 19.8 Å². The molecular formula is C13H15F3N2O2. The van der Waals surface area contributed by atoms with Crippen molar-refractivity contribution in [3.05, 3.63) is 29.1 Å². The van der Waals surface area contributed by atoms with Crippen LogP contribution in [0.2, 0.25) is 0 Å². The van der Waals surface area contributed by atoms with Crippen LogP contribution in [0, 0.1) is 12.8 Å². The molecule has 1 fully saturated rings. The molecule has 0 bridgehead atoms. The maximum Gasteiger partial charge on any atom is 0.433 e. The Kier molecular flexibility index (Phi) is 4.27. The summed E-state index contributed by atoms with van der Waals surface area (Å²) < 4.78 is 42.6. The van der Waals surface area contributed by atoms with Gasteiger partial charge in [0.2, 0.25) is 0 Å². The SMILES string of the molecule is Cc1nc(C(F)(F)F)ccc1C(=O)NC[C@@H]1CCOC1. The van der Waals surface area contributed by atoms with E-state index in [0.717, 1.165) is 18.6 Å². The first-order chi connectivity index (χ1) is 9.38. The molecule has 1 aliphatic rings. The van der Waals surface area contributed by atoms with Crippen molar-refractivity contribution in [2.24, 2.45) is 5.92 Å². The Bertz CT molecular complexity index is 497. The Morgan fingerprint density at radius 1 is 1.50 bits per heavy atom. The summed E-state index contributed by atoms with van der Waals surface area (Å²) in [5.74, 6) is -0.141. The zero-order chi connectivity index (χ0) is 14.8. The lowest BCUT2D eigenvalue weighted by Gasteiger charge is -2.12. The predicted molar refractivity (Wildman–Crippen MR) is 65.2 cm³/mol. The number of halogens is 3. The molecule has 1 aliphatic heterocycles. The van der Waals surface area contributed by atoms with E-state index < -0.39 is 17.8 Å². The summed E-state index contributed by atoms with van der Waals surface area (Å²) in [7, 11) is 0. The standard InChI is InChI=1S/C13H15F3N2O2/c1-8-10(2-3-11(18-8)13(14,15)16)12(19)17-6-9-4-5-20-7-9/h2-3,9H,4-7H2,1H3,(H,17,19)/t9-/m0/s1. The van der Waals surface area contributed by atoms with Crippen molar-refractivity contribution >= 4 is 5.91 Å². The summed E-state index contributed by atoms with van der Waals surface area (Å²) in [6, 6.07) is 1.98. The molecule has 110 valence electrons. The summed E-state index contributed by atoms with van der Waals surface area (Å²) in [6.45, 7) is 3.13. The van der Waals surface area contributed by atoms with E-state index in [9.17, 15) is 18.0 Å². The van der Waals surface area contributed by atoms with Gasteiger partial charge in [-0.3, -0.25) is 4.79 Å². The Balaban J connectivity index is 2.02. The molecule has 1 amide bonds. The molecule has 1 aromatic rings. The molecule has 2 rings (SSSR count). The Morgan fingerprint density at radius 3 is 2.80 bits per heavy atom. The number of rotatable bonds is 3. The monoisotopic (exact) mass is 288 g/mol. The second-order valence-electron chi connectivity index (χ2n) is 4.77. The van der Waals surface area contributed by atoms with E-state index >= 15 is 0 Å². The molecule has 0 unspecified atom stereocenters. The summed E-state index contributed by atoms with van der Waals surface area (Å²) in [5, 5.41) is 2.70.